The Bertz CT molecular complexity index is 3970. The van der Waals surface area contributed by atoms with E-state index in [1.54, 1.807) is 13.0 Å². The van der Waals surface area contributed by atoms with Gasteiger partial charge in [0.1, 0.15) is 63.1 Å². The molecule has 2 fully saturated rings. The van der Waals surface area contributed by atoms with Gasteiger partial charge in [-0.2, -0.15) is 19.2 Å². The second-order valence-corrected chi connectivity index (χ2v) is 59.5. The molecule has 6 aromatic heterocycles. The summed E-state index contributed by atoms with van der Waals surface area (Å²) in [6.45, 7) is 34.3. The number of hydrogen-bond acceptors (Lipinski definition) is 18. The molecule has 0 saturated carbocycles. The molecule has 96 heavy (non-hydrogen) atoms. The van der Waals surface area contributed by atoms with E-state index in [0.29, 0.717) is 71.3 Å². The SMILES string of the molecule is CC(Cl)Cl.C[Si](C)(C)CCOCN(COCC[Si](C)(C)C)c1cc(C2CCS(=O)(=O)CC2)nc2c(-c3cnc4ccccc4c3)cnn12.C[Si](C)(C)CCOCN(COCC[Si](C)(C)C)c1cc(C2CCS(=O)(=O)CC2)nc2c(I)cnn12.OB(O)c1cnc2ccccc2c1. The molecule has 20 nitrogen and oxygen atoms in total. The van der Waals surface area contributed by atoms with E-state index in [1.807, 2.05) is 70.1 Å². The van der Waals surface area contributed by atoms with E-state index >= 15 is 0 Å². The summed E-state index contributed by atoms with van der Waals surface area (Å²) in [6, 6.07) is 27.9. The van der Waals surface area contributed by atoms with Gasteiger partial charge < -0.3 is 38.8 Å². The average molecular weight is 1580 g/mol. The van der Waals surface area contributed by atoms with Crippen molar-refractivity contribution in [1.82, 2.24) is 39.2 Å². The molecule has 0 spiro atoms. The van der Waals surface area contributed by atoms with Crippen LogP contribution in [-0.2, 0) is 38.6 Å². The third kappa shape index (κ3) is 25.9. The molecule has 2 aliphatic rings. The summed E-state index contributed by atoms with van der Waals surface area (Å²) in [5.41, 5.74) is 7.34. The number of alkyl halides is 2. The molecule has 2 aliphatic heterocycles. The molecule has 0 atom stereocenters. The number of sulfone groups is 2. The predicted molar refractivity (Wildman–Crippen MR) is 414 cm³/mol. The standard InChI is InChI=1S/C32H47N5O4SSi2.C23H41IN4O4SSi2.C9H8BNO2.C2H4Cl2/c1-43(2,3)17-13-40-23-36(24-41-14-18-44(4,5)6)31-20-30(25-11-15-42(38,39)16-12-25)35-32-28(22-34-37(31)32)27-19-26-9-7-8-10-29(26)33-21-27;1-34(2,3)13-9-31-17-27(18-32-10-14-35(4,5)6)22-15-21(19-7-11-33(29,30)12-8-19)26-23-20(24)16-25-28(22)23;12-10(13)8-5-7-3-1-2-4-9(7)11-6-8;1-2(3)4/h7-10,19-22,25H,11-18,23-24H2,1-6H3;15-16,19H,7-14,17-18H2,1-6H3;1-6,12-13H;2H,1H3. The van der Waals surface area contributed by atoms with Gasteiger partial charge in [0.15, 0.2) is 11.3 Å². The number of para-hydroxylation sites is 2. The van der Waals surface area contributed by atoms with Gasteiger partial charge in [0.2, 0.25) is 0 Å². The van der Waals surface area contributed by atoms with Crippen LogP contribution in [-0.4, -0.2) is 187 Å². The maximum atomic E-state index is 12.3. The molecular formula is C66H100BCl2IN10O10S2Si4. The lowest BCUT2D eigenvalue weighted by Gasteiger charge is -2.28. The van der Waals surface area contributed by atoms with Crippen molar-refractivity contribution >= 4 is 155 Å². The van der Waals surface area contributed by atoms with Crippen molar-refractivity contribution < 1.29 is 45.8 Å². The zero-order chi connectivity index (χ0) is 70.2. The van der Waals surface area contributed by atoms with E-state index in [9.17, 15) is 16.8 Å². The van der Waals surface area contributed by atoms with Crippen LogP contribution in [0.1, 0.15) is 55.8 Å². The van der Waals surface area contributed by atoms with Gasteiger partial charge in [-0.25, -0.2) is 26.8 Å². The van der Waals surface area contributed by atoms with Crippen molar-refractivity contribution in [3.8, 4) is 11.1 Å². The first-order chi connectivity index (χ1) is 45.0. The minimum absolute atomic E-state index is 0.0437. The van der Waals surface area contributed by atoms with Gasteiger partial charge in [-0.1, -0.05) is 121 Å². The first-order valence-corrected chi connectivity index (χ1v) is 53.4. The summed E-state index contributed by atoms with van der Waals surface area (Å²) in [5.74, 6) is 2.69. The van der Waals surface area contributed by atoms with Crippen molar-refractivity contribution in [2.75, 3.05) is 86.2 Å². The van der Waals surface area contributed by atoms with Crippen molar-refractivity contribution in [1.29, 1.82) is 0 Å². The van der Waals surface area contributed by atoms with Crippen LogP contribution in [0.3, 0.4) is 0 Å². The van der Waals surface area contributed by atoms with Crippen LogP contribution in [0, 0.1) is 3.57 Å². The topological polar surface area (TPSA) is 238 Å². The highest BCUT2D eigenvalue weighted by atomic mass is 127. The average Bonchev–Trinajstić information content (AvgIpc) is 1.56. The third-order valence-electron chi connectivity index (χ3n) is 16.3. The molecule has 2 saturated heterocycles. The van der Waals surface area contributed by atoms with E-state index in [4.69, 9.17) is 72.2 Å². The summed E-state index contributed by atoms with van der Waals surface area (Å²) < 4.78 is 78.0. The lowest BCUT2D eigenvalue weighted by Crippen LogP contribution is -2.33. The summed E-state index contributed by atoms with van der Waals surface area (Å²) in [6.07, 6.45) is 9.34. The van der Waals surface area contributed by atoms with Gasteiger partial charge in [-0.15, -0.1) is 23.2 Å². The van der Waals surface area contributed by atoms with E-state index in [2.05, 4.69) is 145 Å². The Balaban J connectivity index is 0.000000221. The number of fused-ring (bicyclic) bond motifs is 4. The lowest BCUT2D eigenvalue weighted by molar-refractivity contribution is 0.0940. The monoisotopic (exact) mass is 1580 g/mol. The van der Waals surface area contributed by atoms with Gasteiger partial charge in [0.05, 0.1) is 50.0 Å². The summed E-state index contributed by atoms with van der Waals surface area (Å²) in [5, 5.41) is 29.2. The molecule has 30 heteroatoms. The zero-order valence-corrected chi connectivity index (χ0v) is 67.6. The predicted octanol–water partition coefficient (Wildman–Crippen LogP) is 13.4. The van der Waals surface area contributed by atoms with Gasteiger partial charge in [-0.05, 0) is 103 Å². The number of rotatable bonds is 26. The minimum atomic E-state index is -3.01. The molecule has 8 heterocycles. The molecule has 526 valence electrons. The number of anilines is 2. The second-order valence-electron chi connectivity index (χ2n) is 29.7. The Hall–Kier alpha value is -4.00. The van der Waals surface area contributed by atoms with Gasteiger partial charge in [0.25, 0.3) is 0 Å². The summed E-state index contributed by atoms with van der Waals surface area (Å²) >= 11 is 12.3. The molecule has 0 amide bonds. The summed E-state index contributed by atoms with van der Waals surface area (Å²) in [7, 11) is -12.3. The number of ether oxygens (including phenoxy) is 4. The Labute approximate surface area is 597 Å². The van der Waals surface area contributed by atoms with Crippen LogP contribution in [0.5, 0.6) is 0 Å². The van der Waals surface area contributed by atoms with Crippen LogP contribution in [0.15, 0.2) is 97.6 Å². The highest BCUT2D eigenvalue weighted by Gasteiger charge is 2.31. The second kappa shape index (κ2) is 35.5. The largest absolute Gasteiger partial charge is 0.490 e. The molecule has 2 aromatic carbocycles. The molecular weight excluding hydrogens is 1480 g/mol. The zero-order valence-electron chi connectivity index (χ0n) is 58.3. The van der Waals surface area contributed by atoms with Gasteiger partial charge >= 0.3 is 7.12 Å². The normalized spacial score (nSPS) is 15.4. The Morgan fingerprint density at radius 2 is 0.917 bits per heavy atom. The number of pyridine rings is 2. The first kappa shape index (κ1) is 79.3. The number of hydrogen-bond donors (Lipinski definition) is 2. The number of aromatic nitrogens is 8. The van der Waals surface area contributed by atoms with E-state index < -0.39 is 59.1 Å². The first-order valence-electron chi connectivity index (χ1n) is 33.0. The molecule has 0 aliphatic carbocycles. The Kier molecular flexibility index (Phi) is 29.4. The van der Waals surface area contributed by atoms with Crippen molar-refractivity contribution in [2.45, 2.75) is 152 Å². The molecule has 0 radical (unpaired) electrons. The smallest absolute Gasteiger partial charge is 0.423 e. The fourth-order valence-corrected chi connectivity index (χ4v) is 16.8. The molecule has 0 bridgehead atoms. The van der Waals surface area contributed by atoms with Crippen molar-refractivity contribution in [2.24, 2.45) is 0 Å². The molecule has 10 rings (SSSR count). The van der Waals surface area contributed by atoms with E-state index in [-0.39, 0.29) is 39.7 Å². The molecule has 0 unspecified atom stereocenters. The minimum Gasteiger partial charge on any atom is -0.423 e. The number of benzene rings is 2. The fraction of sp³-hybridized carbons (Fsp3) is 0.545. The Morgan fingerprint density at radius 3 is 1.32 bits per heavy atom. The molecule has 2 N–H and O–H groups in total. The van der Waals surface area contributed by atoms with Crippen LogP contribution in [0.4, 0.5) is 11.6 Å². The van der Waals surface area contributed by atoms with Gasteiger partial charge in [-0.3, -0.25) is 9.97 Å². The van der Waals surface area contributed by atoms with Crippen LogP contribution >= 0.6 is 45.8 Å². The summed E-state index contributed by atoms with van der Waals surface area (Å²) in [4.78, 5) is 22.8. The van der Waals surface area contributed by atoms with Crippen LogP contribution in [0.25, 0.3) is 44.2 Å². The van der Waals surface area contributed by atoms with Crippen molar-refractivity contribution in [3.05, 3.63) is 113 Å². The highest BCUT2D eigenvalue weighted by Crippen LogP contribution is 2.36. The van der Waals surface area contributed by atoms with Gasteiger partial charge in [0, 0.05) is 128 Å². The third-order valence-corrected chi connectivity index (χ3v) is 27.3. The molecule has 8 aromatic rings. The highest BCUT2D eigenvalue weighted by molar-refractivity contribution is 14.1. The quantitative estimate of drug-likeness (QED) is 0.0168. The number of halogens is 3. The Morgan fingerprint density at radius 1 is 0.552 bits per heavy atom. The van der Waals surface area contributed by atoms with Crippen LogP contribution in [0.2, 0.25) is 103 Å². The lowest BCUT2D eigenvalue weighted by atomic mass is 9.81. The number of nitrogens with zero attached hydrogens (tertiary/aromatic N) is 10. The fourth-order valence-electron chi connectivity index (χ4n) is 10.3. The van der Waals surface area contributed by atoms with E-state index in [0.717, 1.165) is 108 Å². The maximum Gasteiger partial charge on any atom is 0.490 e. The maximum absolute atomic E-state index is 12.3. The van der Waals surface area contributed by atoms with Crippen LogP contribution < -0.4 is 15.3 Å². The van der Waals surface area contributed by atoms with Crippen molar-refractivity contribution in [3.63, 3.8) is 0 Å². The van der Waals surface area contributed by atoms with E-state index in [1.165, 1.54) is 6.20 Å².